The van der Waals surface area contributed by atoms with Crippen LogP contribution in [0.15, 0.2) is 121 Å². The fraction of sp³-hybridized carbons (Fsp3) is 0.306. The number of benzene rings is 4. The fourth-order valence-electron chi connectivity index (χ4n) is 4.55. The number of carbonyl (C=O) groups excluding carboxylic acids is 1. The predicted octanol–water partition coefficient (Wildman–Crippen LogP) is 7.16. The summed E-state index contributed by atoms with van der Waals surface area (Å²) in [4.78, 5) is 12.7. The monoisotopic (exact) mass is 604 g/mol. The molecule has 0 aromatic heterocycles. The zero-order valence-electron chi connectivity index (χ0n) is 24.7. The van der Waals surface area contributed by atoms with Crippen LogP contribution >= 0.6 is 0 Å². The number of hydrogen-bond acceptors (Lipinski definition) is 6. The van der Waals surface area contributed by atoms with Gasteiger partial charge in [0, 0.05) is 0 Å². The molecular weight excluding hydrogens is 566 g/mol. The molecule has 0 bridgehead atoms. The minimum atomic E-state index is -4.07. The molecule has 0 saturated carbocycles. The van der Waals surface area contributed by atoms with Gasteiger partial charge in [0.15, 0.2) is 6.10 Å². The van der Waals surface area contributed by atoms with Crippen molar-refractivity contribution < 1.29 is 37.3 Å². The van der Waals surface area contributed by atoms with E-state index >= 15 is 8.78 Å². The maximum Gasteiger partial charge on any atom is 0.379 e. The Morgan fingerprint density at radius 1 is 0.614 bits per heavy atom. The molecule has 4 rings (SSSR count). The van der Waals surface area contributed by atoms with Gasteiger partial charge in [0.1, 0.15) is 12.2 Å². The maximum atomic E-state index is 16.1. The second-order valence-electron chi connectivity index (χ2n) is 10.2. The highest BCUT2D eigenvalue weighted by atomic mass is 19.3. The van der Waals surface area contributed by atoms with Crippen molar-refractivity contribution in [3.63, 3.8) is 0 Å². The Morgan fingerprint density at radius 3 is 1.48 bits per heavy atom. The van der Waals surface area contributed by atoms with E-state index in [1.807, 2.05) is 97.1 Å². The molecule has 0 spiro atoms. The number of halogens is 2. The molecule has 44 heavy (non-hydrogen) atoms. The predicted molar refractivity (Wildman–Crippen MR) is 163 cm³/mol. The molecule has 0 radical (unpaired) electrons. The average molecular weight is 605 g/mol. The minimum absolute atomic E-state index is 0.0283. The van der Waals surface area contributed by atoms with Crippen LogP contribution in [0.2, 0.25) is 0 Å². The lowest BCUT2D eigenvalue weighted by Gasteiger charge is -2.36. The van der Waals surface area contributed by atoms with E-state index in [4.69, 9.17) is 23.7 Å². The molecular formula is C36H38F2O6. The number of alkyl halides is 2. The second kappa shape index (κ2) is 17.4. The van der Waals surface area contributed by atoms with Gasteiger partial charge in [0.25, 0.3) is 0 Å². The van der Waals surface area contributed by atoms with Gasteiger partial charge < -0.3 is 23.7 Å². The molecule has 0 N–H and O–H groups in total. The molecule has 0 heterocycles. The van der Waals surface area contributed by atoms with Crippen LogP contribution in [0.4, 0.5) is 8.78 Å². The van der Waals surface area contributed by atoms with E-state index in [-0.39, 0.29) is 39.6 Å². The maximum absolute atomic E-state index is 16.1. The van der Waals surface area contributed by atoms with E-state index < -0.39 is 30.2 Å². The SMILES string of the molecule is CCOC(=O)C(F)(F)[C@@H](OCc1ccccc1)[C@H](OCc1ccccc1)[C@@H](COCc1ccccc1)OCc1ccccc1. The smallest absolute Gasteiger partial charge is 0.379 e. The van der Waals surface area contributed by atoms with Gasteiger partial charge in [-0.3, -0.25) is 0 Å². The summed E-state index contributed by atoms with van der Waals surface area (Å²) in [6.45, 7) is 1.25. The third-order valence-corrected chi connectivity index (χ3v) is 6.83. The molecule has 4 aromatic rings. The van der Waals surface area contributed by atoms with Crippen molar-refractivity contribution in [2.45, 2.75) is 57.6 Å². The largest absolute Gasteiger partial charge is 0.461 e. The topological polar surface area (TPSA) is 63.2 Å². The second-order valence-corrected chi connectivity index (χ2v) is 10.2. The van der Waals surface area contributed by atoms with Gasteiger partial charge >= 0.3 is 11.9 Å². The molecule has 0 fully saturated rings. The summed E-state index contributed by atoms with van der Waals surface area (Å²) in [6, 6.07) is 36.9. The van der Waals surface area contributed by atoms with Gasteiger partial charge in [-0.25, -0.2) is 4.79 Å². The van der Waals surface area contributed by atoms with E-state index in [1.54, 1.807) is 24.3 Å². The number of carbonyl (C=O) groups is 1. The van der Waals surface area contributed by atoms with E-state index in [1.165, 1.54) is 6.92 Å². The molecule has 0 amide bonds. The average Bonchev–Trinajstić information content (AvgIpc) is 3.06. The van der Waals surface area contributed by atoms with Crippen molar-refractivity contribution in [3.8, 4) is 0 Å². The van der Waals surface area contributed by atoms with E-state index in [9.17, 15) is 4.79 Å². The van der Waals surface area contributed by atoms with Crippen molar-refractivity contribution in [1.29, 1.82) is 0 Å². The Balaban J connectivity index is 1.68. The summed E-state index contributed by atoms with van der Waals surface area (Å²) < 4.78 is 61.4. The highest BCUT2D eigenvalue weighted by Crippen LogP contribution is 2.32. The Morgan fingerprint density at radius 2 is 1.02 bits per heavy atom. The normalized spacial score (nSPS) is 13.6. The van der Waals surface area contributed by atoms with E-state index in [0.29, 0.717) is 5.56 Å². The first-order chi connectivity index (χ1) is 21.5. The Hall–Kier alpha value is -3.95. The quantitative estimate of drug-likeness (QED) is 0.112. The highest BCUT2D eigenvalue weighted by molar-refractivity contribution is 5.78. The zero-order chi connectivity index (χ0) is 31.0. The van der Waals surface area contributed by atoms with Crippen LogP contribution in [-0.4, -0.2) is 43.4 Å². The third-order valence-electron chi connectivity index (χ3n) is 6.83. The summed E-state index contributed by atoms with van der Waals surface area (Å²) in [6.07, 6.45) is -4.55. The van der Waals surface area contributed by atoms with E-state index in [2.05, 4.69) is 0 Å². The number of esters is 1. The molecule has 6 nitrogen and oxygen atoms in total. The van der Waals surface area contributed by atoms with Crippen molar-refractivity contribution in [3.05, 3.63) is 144 Å². The standard InChI is InChI=1S/C36H38F2O6/c1-2-41-35(39)36(37,38)34(44-26-31-21-13-6-14-22-31)33(43-25-30-19-11-5-12-20-30)32(42-24-29-17-9-4-10-18-29)27-40-23-28-15-7-3-8-16-28/h3-22,32-34H,2,23-27H2,1H3/t32-,33-,34+/m1/s1. The van der Waals surface area contributed by atoms with Crippen LogP contribution < -0.4 is 0 Å². The molecule has 8 heteroatoms. The summed E-state index contributed by atoms with van der Waals surface area (Å²) >= 11 is 0. The van der Waals surface area contributed by atoms with E-state index in [0.717, 1.165) is 16.7 Å². The Kier molecular flexibility index (Phi) is 13.0. The summed E-state index contributed by atoms with van der Waals surface area (Å²) in [5.74, 6) is -5.77. The lowest BCUT2D eigenvalue weighted by molar-refractivity contribution is -0.238. The van der Waals surface area contributed by atoms with Crippen LogP contribution in [-0.2, 0) is 54.9 Å². The molecule has 0 unspecified atom stereocenters. The zero-order valence-corrected chi connectivity index (χ0v) is 24.7. The van der Waals surface area contributed by atoms with Crippen LogP contribution in [0.5, 0.6) is 0 Å². The van der Waals surface area contributed by atoms with Crippen molar-refractivity contribution >= 4 is 5.97 Å². The first-order valence-corrected chi connectivity index (χ1v) is 14.6. The first-order valence-electron chi connectivity index (χ1n) is 14.6. The molecule has 0 aliphatic rings. The molecule has 4 aromatic carbocycles. The Labute approximate surface area is 257 Å². The van der Waals surface area contributed by atoms with Gasteiger partial charge in [0.05, 0.1) is 39.6 Å². The van der Waals surface area contributed by atoms with Crippen LogP contribution in [0.3, 0.4) is 0 Å². The van der Waals surface area contributed by atoms with Crippen LogP contribution in [0.25, 0.3) is 0 Å². The van der Waals surface area contributed by atoms with Gasteiger partial charge in [0.2, 0.25) is 0 Å². The van der Waals surface area contributed by atoms with Gasteiger partial charge in [-0.05, 0) is 29.2 Å². The van der Waals surface area contributed by atoms with Crippen LogP contribution in [0, 0.1) is 0 Å². The van der Waals surface area contributed by atoms with Gasteiger partial charge in [-0.1, -0.05) is 121 Å². The summed E-state index contributed by atoms with van der Waals surface area (Å²) in [7, 11) is 0. The third kappa shape index (κ3) is 10.1. The Bertz CT molecular complexity index is 1360. The molecule has 3 atom stereocenters. The summed E-state index contributed by atoms with van der Waals surface area (Å²) in [5, 5.41) is 0. The lowest BCUT2D eigenvalue weighted by atomic mass is 10.0. The molecule has 0 saturated heterocycles. The minimum Gasteiger partial charge on any atom is -0.461 e. The fourth-order valence-corrected chi connectivity index (χ4v) is 4.55. The number of rotatable bonds is 18. The van der Waals surface area contributed by atoms with Crippen molar-refractivity contribution in [2.24, 2.45) is 0 Å². The van der Waals surface area contributed by atoms with Crippen molar-refractivity contribution in [1.82, 2.24) is 0 Å². The molecule has 0 aliphatic carbocycles. The highest BCUT2D eigenvalue weighted by Gasteiger charge is 2.56. The number of ether oxygens (including phenoxy) is 5. The van der Waals surface area contributed by atoms with Crippen LogP contribution in [0.1, 0.15) is 29.2 Å². The number of hydrogen-bond donors (Lipinski definition) is 0. The first kappa shape index (κ1) is 33.0. The molecule has 0 aliphatic heterocycles. The summed E-state index contributed by atoms with van der Waals surface area (Å²) in [5.41, 5.74) is 3.15. The van der Waals surface area contributed by atoms with Gasteiger partial charge in [-0.2, -0.15) is 8.78 Å². The lowest BCUT2D eigenvalue weighted by Crippen LogP contribution is -2.56. The molecule has 232 valence electrons. The van der Waals surface area contributed by atoms with Crippen molar-refractivity contribution in [2.75, 3.05) is 13.2 Å². The van der Waals surface area contributed by atoms with Gasteiger partial charge in [-0.15, -0.1) is 0 Å².